The molecule has 0 bridgehead atoms. The maximum absolute atomic E-state index is 11.4. The van der Waals surface area contributed by atoms with E-state index >= 15 is 0 Å². The van der Waals surface area contributed by atoms with Crippen LogP contribution in [-0.4, -0.2) is 37.7 Å². The van der Waals surface area contributed by atoms with Gasteiger partial charge in [0, 0.05) is 6.54 Å². The number of nitrogens with one attached hydrogen (secondary N) is 1. The molecule has 2 rings (SSSR count). The number of carbonyl (C=O) groups excluding carboxylic acids is 1. The van der Waals surface area contributed by atoms with Gasteiger partial charge in [-0.2, -0.15) is 0 Å². The van der Waals surface area contributed by atoms with Crippen molar-refractivity contribution in [3.63, 3.8) is 0 Å². The fraction of sp³-hybridized carbons (Fsp3) is 0.588. The molecule has 1 fully saturated rings. The number of rotatable bonds is 4. The molecule has 1 aliphatic heterocycles. The summed E-state index contributed by atoms with van der Waals surface area (Å²) < 4.78 is 4.70. The van der Waals surface area contributed by atoms with Gasteiger partial charge in [0.1, 0.15) is 0 Å². The van der Waals surface area contributed by atoms with Gasteiger partial charge in [-0.25, -0.2) is 4.79 Å². The third-order valence-corrected chi connectivity index (χ3v) is 4.17. The van der Waals surface area contributed by atoms with Crippen molar-refractivity contribution in [2.24, 2.45) is 0 Å². The van der Waals surface area contributed by atoms with Gasteiger partial charge in [0.15, 0.2) is 0 Å². The number of nitrogens with zero attached hydrogens (tertiary/aromatic N) is 1. The average Bonchev–Trinajstić information content (AvgIpc) is 2.78. The highest BCUT2D eigenvalue weighted by Crippen LogP contribution is 2.24. The molecule has 1 N–H and O–H groups in total. The molecule has 1 unspecified atom stereocenters. The third-order valence-electron chi connectivity index (χ3n) is 4.17. The minimum atomic E-state index is -0.359. The molecule has 21 heavy (non-hydrogen) atoms. The summed E-state index contributed by atoms with van der Waals surface area (Å²) in [4.78, 5) is 13.9. The van der Waals surface area contributed by atoms with E-state index in [1.165, 1.54) is 43.9 Å². The number of hydrogen-bond donors (Lipinski definition) is 1. The first kappa shape index (κ1) is 15.8. The monoisotopic (exact) mass is 290 g/mol. The molecular formula is C17H26N2O2. The van der Waals surface area contributed by atoms with Crippen LogP contribution in [0.1, 0.15) is 42.9 Å². The molecule has 1 atom stereocenters. The number of aryl methyl sites for hydroxylation is 1. The van der Waals surface area contributed by atoms with E-state index in [4.69, 9.17) is 4.74 Å². The zero-order chi connectivity index (χ0) is 15.1. The molecular weight excluding hydrogens is 264 g/mol. The van der Waals surface area contributed by atoms with E-state index < -0.39 is 0 Å². The SMILES string of the molecule is COC(=O)NCC(c1ccc(C)cc1)N1CCCCCC1. The van der Waals surface area contributed by atoms with E-state index in [0.717, 1.165) is 13.1 Å². The molecule has 4 nitrogen and oxygen atoms in total. The Hall–Kier alpha value is -1.55. The Morgan fingerprint density at radius 1 is 1.19 bits per heavy atom. The van der Waals surface area contributed by atoms with Gasteiger partial charge < -0.3 is 10.1 Å². The number of ether oxygens (including phenoxy) is 1. The van der Waals surface area contributed by atoms with Gasteiger partial charge in [-0.3, -0.25) is 4.90 Å². The van der Waals surface area contributed by atoms with Gasteiger partial charge in [0.2, 0.25) is 0 Å². The lowest BCUT2D eigenvalue weighted by molar-refractivity contribution is 0.158. The molecule has 1 saturated heterocycles. The number of carbonyl (C=O) groups is 1. The molecule has 1 amide bonds. The van der Waals surface area contributed by atoms with Gasteiger partial charge in [-0.1, -0.05) is 42.7 Å². The fourth-order valence-corrected chi connectivity index (χ4v) is 2.91. The highest BCUT2D eigenvalue weighted by Gasteiger charge is 2.22. The number of methoxy groups -OCH3 is 1. The smallest absolute Gasteiger partial charge is 0.406 e. The standard InChI is InChI=1S/C17H26N2O2/c1-14-7-9-15(10-8-14)16(13-18-17(20)21-2)19-11-5-3-4-6-12-19/h7-10,16H,3-6,11-13H2,1-2H3,(H,18,20). The summed E-state index contributed by atoms with van der Waals surface area (Å²) in [5.41, 5.74) is 2.52. The normalized spacial score (nSPS) is 17.8. The molecule has 0 aliphatic carbocycles. The highest BCUT2D eigenvalue weighted by molar-refractivity contribution is 5.66. The van der Waals surface area contributed by atoms with Crippen molar-refractivity contribution in [1.82, 2.24) is 10.2 Å². The number of alkyl carbamates (subject to hydrolysis) is 1. The Morgan fingerprint density at radius 2 is 1.81 bits per heavy atom. The maximum atomic E-state index is 11.4. The maximum Gasteiger partial charge on any atom is 0.406 e. The van der Waals surface area contributed by atoms with Gasteiger partial charge in [-0.05, 0) is 38.4 Å². The van der Waals surface area contributed by atoms with E-state index in [0.29, 0.717) is 6.54 Å². The van der Waals surface area contributed by atoms with E-state index in [1.54, 1.807) is 0 Å². The molecule has 0 saturated carbocycles. The van der Waals surface area contributed by atoms with Crippen molar-refractivity contribution in [3.8, 4) is 0 Å². The van der Waals surface area contributed by atoms with E-state index in [-0.39, 0.29) is 12.1 Å². The van der Waals surface area contributed by atoms with Crippen LogP contribution in [0.2, 0.25) is 0 Å². The van der Waals surface area contributed by atoms with Crippen LogP contribution in [0.5, 0.6) is 0 Å². The summed E-state index contributed by atoms with van der Waals surface area (Å²) >= 11 is 0. The second kappa shape index (κ2) is 8.03. The van der Waals surface area contributed by atoms with Crippen LogP contribution >= 0.6 is 0 Å². The Morgan fingerprint density at radius 3 is 2.38 bits per heavy atom. The van der Waals surface area contributed by atoms with Crippen LogP contribution in [0.3, 0.4) is 0 Å². The molecule has 1 aromatic rings. The van der Waals surface area contributed by atoms with Gasteiger partial charge in [0.25, 0.3) is 0 Å². The van der Waals surface area contributed by atoms with Crippen molar-refractivity contribution in [3.05, 3.63) is 35.4 Å². The summed E-state index contributed by atoms with van der Waals surface area (Å²) in [5.74, 6) is 0. The molecule has 4 heteroatoms. The van der Waals surface area contributed by atoms with E-state index in [1.807, 2.05) is 0 Å². The second-order valence-corrected chi connectivity index (χ2v) is 5.75. The van der Waals surface area contributed by atoms with E-state index in [9.17, 15) is 4.79 Å². The lowest BCUT2D eigenvalue weighted by Gasteiger charge is -2.31. The lowest BCUT2D eigenvalue weighted by Crippen LogP contribution is -2.38. The summed E-state index contributed by atoms with van der Waals surface area (Å²) in [6.45, 7) is 4.88. The zero-order valence-electron chi connectivity index (χ0n) is 13.1. The number of amides is 1. The zero-order valence-corrected chi connectivity index (χ0v) is 13.1. The van der Waals surface area contributed by atoms with Crippen molar-refractivity contribution in [2.45, 2.75) is 38.6 Å². The minimum absolute atomic E-state index is 0.225. The summed E-state index contributed by atoms with van der Waals surface area (Å²) in [6, 6.07) is 8.84. The molecule has 116 valence electrons. The Bertz CT molecular complexity index is 437. The van der Waals surface area contributed by atoms with Crippen molar-refractivity contribution in [1.29, 1.82) is 0 Å². The largest absolute Gasteiger partial charge is 0.453 e. The van der Waals surface area contributed by atoms with E-state index in [2.05, 4.69) is 41.4 Å². The molecule has 1 aromatic carbocycles. The summed E-state index contributed by atoms with van der Waals surface area (Å²) in [6.07, 6.45) is 4.73. The van der Waals surface area contributed by atoms with Crippen LogP contribution < -0.4 is 5.32 Å². The highest BCUT2D eigenvalue weighted by atomic mass is 16.5. The first-order chi connectivity index (χ1) is 10.2. The van der Waals surface area contributed by atoms with Crippen molar-refractivity contribution >= 4 is 6.09 Å². The average molecular weight is 290 g/mol. The molecule has 0 radical (unpaired) electrons. The minimum Gasteiger partial charge on any atom is -0.453 e. The topological polar surface area (TPSA) is 41.6 Å². The number of hydrogen-bond acceptors (Lipinski definition) is 3. The van der Waals surface area contributed by atoms with Crippen LogP contribution in [0, 0.1) is 6.92 Å². The molecule has 1 aliphatic rings. The Kier molecular flexibility index (Phi) is 6.05. The Labute approximate surface area is 127 Å². The second-order valence-electron chi connectivity index (χ2n) is 5.75. The molecule has 1 heterocycles. The molecule has 0 aromatic heterocycles. The number of likely N-dealkylation sites (tertiary alicyclic amines) is 1. The third kappa shape index (κ3) is 4.74. The summed E-state index contributed by atoms with van der Waals surface area (Å²) in [5, 5.41) is 2.86. The predicted octanol–water partition coefficient (Wildman–Crippen LogP) is 3.27. The van der Waals surface area contributed by atoms with Gasteiger partial charge in [-0.15, -0.1) is 0 Å². The predicted molar refractivity (Wildman–Crippen MR) is 84.4 cm³/mol. The van der Waals surface area contributed by atoms with Gasteiger partial charge >= 0.3 is 6.09 Å². The lowest BCUT2D eigenvalue weighted by atomic mass is 10.0. The Balaban J connectivity index is 2.11. The quantitative estimate of drug-likeness (QED) is 0.925. The number of benzene rings is 1. The van der Waals surface area contributed by atoms with Gasteiger partial charge in [0.05, 0.1) is 13.2 Å². The van der Waals surface area contributed by atoms with Crippen molar-refractivity contribution < 1.29 is 9.53 Å². The van der Waals surface area contributed by atoms with Crippen LogP contribution in [0.25, 0.3) is 0 Å². The van der Waals surface area contributed by atoms with Crippen molar-refractivity contribution in [2.75, 3.05) is 26.7 Å². The first-order valence-electron chi connectivity index (χ1n) is 7.83. The van der Waals surface area contributed by atoms with Crippen LogP contribution in [-0.2, 0) is 4.74 Å². The first-order valence-corrected chi connectivity index (χ1v) is 7.83. The van der Waals surface area contributed by atoms with Crippen LogP contribution in [0.4, 0.5) is 4.79 Å². The van der Waals surface area contributed by atoms with Crippen LogP contribution in [0.15, 0.2) is 24.3 Å². The molecule has 0 spiro atoms. The fourth-order valence-electron chi connectivity index (χ4n) is 2.91. The summed E-state index contributed by atoms with van der Waals surface area (Å²) in [7, 11) is 1.40.